The van der Waals surface area contributed by atoms with Crippen LogP contribution in [0.25, 0.3) is 11.0 Å². The summed E-state index contributed by atoms with van der Waals surface area (Å²) in [4.78, 5) is 46.5. The van der Waals surface area contributed by atoms with Crippen LogP contribution in [-0.4, -0.2) is 46.0 Å². The maximum Gasteiger partial charge on any atom is 0.338 e. The van der Waals surface area contributed by atoms with E-state index in [1.807, 2.05) is 0 Å². The van der Waals surface area contributed by atoms with E-state index in [2.05, 4.69) is 20.3 Å². The van der Waals surface area contributed by atoms with E-state index in [1.165, 1.54) is 17.7 Å². The Balaban J connectivity index is 1.50. The zero-order valence-corrected chi connectivity index (χ0v) is 15.2. The van der Waals surface area contributed by atoms with Gasteiger partial charge in [-0.1, -0.05) is 0 Å². The second-order valence-corrected chi connectivity index (χ2v) is 6.24. The number of H-pyrrole nitrogens is 1. The summed E-state index contributed by atoms with van der Waals surface area (Å²) in [5.74, 6) is -1.53. The number of anilines is 1. The molecule has 10 heteroatoms. The molecule has 0 radical (unpaired) electrons. The van der Waals surface area contributed by atoms with Gasteiger partial charge in [-0.15, -0.1) is 11.3 Å². The van der Waals surface area contributed by atoms with Crippen molar-refractivity contribution in [2.45, 2.75) is 13.3 Å². The lowest BCUT2D eigenvalue weighted by Gasteiger charge is -2.05. The number of amides is 1. The van der Waals surface area contributed by atoms with Gasteiger partial charge in [-0.25, -0.2) is 14.8 Å². The largest absolute Gasteiger partial charge is 0.466 e. The Hall–Kier alpha value is -3.27. The third-order valence-electron chi connectivity index (χ3n) is 3.42. The maximum atomic E-state index is 12.1. The van der Waals surface area contributed by atoms with Gasteiger partial charge in [-0.05, 0) is 25.1 Å². The molecule has 3 aromatic rings. The average molecular weight is 388 g/mol. The van der Waals surface area contributed by atoms with E-state index in [-0.39, 0.29) is 12.4 Å². The van der Waals surface area contributed by atoms with Gasteiger partial charge in [0.15, 0.2) is 11.7 Å². The van der Waals surface area contributed by atoms with Crippen LogP contribution in [0.2, 0.25) is 0 Å². The van der Waals surface area contributed by atoms with Crippen LogP contribution in [0.15, 0.2) is 29.9 Å². The van der Waals surface area contributed by atoms with Gasteiger partial charge in [0, 0.05) is 5.38 Å². The molecule has 1 aromatic carbocycles. The number of aromatic nitrogens is 3. The monoisotopic (exact) mass is 388 g/mol. The van der Waals surface area contributed by atoms with Gasteiger partial charge in [-0.2, -0.15) is 0 Å². The lowest BCUT2D eigenvalue weighted by Crippen LogP contribution is -2.21. The summed E-state index contributed by atoms with van der Waals surface area (Å²) < 4.78 is 9.85. The smallest absolute Gasteiger partial charge is 0.338 e. The molecular weight excluding hydrogens is 372 g/mol. The van der Waals surface area contributed by atoms with Crippen molar-refractivity contribution in [2.75, 3.05) is 18.5 Å². The van der Waals surface area contributed by atoms with Crippen molar-refractivity contribution in [3.8, 4) is 0 Å². The average Bonchev–Trinajstić information content (AvgIpc) is 3.28. The number of ether oxygens (including phenoxy) is 2. The highest BCUT2D eigenvalue weighted by Gasteiger charge is 2.14. The van der Waals surface area contributed by atoms with Crippen molar-refractivity contribution >= 4 is 45.3 Å². The fourth-order valence-electron chi connectivity index (χ4n) is 2.24. The van der Waals surface area contributed by atoms with Crippen LogP contribution in [0.1, 0.15) is 23.0 Å². The number of aromatic amines is 1. The Kier molecular flexibility index (Phi) is 5.77. The zero-order valence-electron chi connectivity index (χ0n) is 14.4. The first-order chi connectivity index (χ1) is 13.0. The normalized spacial score (nSPS) is 10.6. The third-order valence-corrected chi connectivity index (χ3v) is 4.23. The van der Waals surface area contributed by atoms with Gasteiger partial charge in [0.2, 0.25) is 0 Å². The van der Waals surface area contributed by atoms with Crippen LogP contribution in [-0.2, 0) is 25.5 Å². The second-order valence-electron chi connectivity index (χ2n) is 5.38. The Morgan fingerprint density at radius 2 is 2.11 bits per heavy atom. The third kappa shape index (κ3) is 4.88. The van der Waals surface area contributed by atoms with Crippen LogP contribution < -0.4 is 5.32 Å². The van der Waals surface area contributed by atoms with E-state index in [0.717, 1.165) is 5.52 Å². The SMILES string of the molecule is CCOC(=O)Cc1csc(NC(=O)COC(=O)c2ccc3nc[nH]c3c2)n1. The van der Waals surface area contributed by atoms with Gasteiger partial charge >= 0.3 is 11.9 Å². The molecule has 0 aliphatic rings. The van der Waals surface area contributed by atoms with E-state index >= 15 is 0 Å². The summed E-state index contributed by atoms with van der Waals surface area (Å²) in [5, 5.41) is 4.49. The van der Waals surface area contributed by atoms with Crippen molar-refractivity contribution in [1.29, 1.82) is 0 Å². The number of thiazole rings is 1. The van der Waals surface area contributed by atoms with Crippen molar-refractivity contribution in [3.63, 3.8) is 0 Å². The van der Waals surface area contributed by atoms with Crippen molar-refractivity contribution < 1.29 is 23.9 Å². The van der Waals surface area contributed by atoms with Crippen LogP contribution in [0.4, 0.5) is 5.13 Å². The van der Waals surface area contributed by atoms with Crippen LogP contribution in [0.5, 0.6) is 0 Å². The van der Waals surface area contributed by atoms with Crippen LogP contribution in [0.3, 0.4) is 0 Å². The summed E-state index contributed by atoms with van der Waals surface area (Å²) in [6, 6.07) is 4.86. The molecule has 0 aliphatic carbocycles. The molecule has 0 saturated heterocycles. The Morgan fingerprint density at radius 3 is 2.93 bits per heavy atom. The Bertz CT molecular complexity index is 981. The van der Waals surface area contributed by atoms with Gasteiger partial charge in [0.1, 0.15) is 0 Å². The number of rotatable bonds is 7. The molecular formula is C17H16N4O5S. The lowest BCUT2D eigenvalue weighted by molar-refractivity contribution is -0.142. The number of fused-ring (bicyclic) bond motifs is 1. The maximum absolute atomic E-state index is 12.1. The van der Waals surface area contributed by atoms with E-state index < -0.39 is 18.5 Å². The number of hydrogen-bond acceptors (Lipinski definition) is 8. The molecule has 0 saturated carbocycles. The van der Waals surface area contributed by atoms with E-state index in [9.17, 15) is 14.4 Å². The molecule has 1 amide bonds. The number of carbonyl (C=O) groups excluding carboxylic acids is 3. The van der Waals surface area contributed by atoms with Crippen molar-refractivity contribution in [3.05, 3.63) is 41.2 Å². The van der Waals surface area contributed by atoms with Gasteiger partial charge in [0.05, 0.1) is 41.6 Å². The lowest BCUT2D eigenvalue weighted by atomic mass is 10.2. The predicted octanol–water partition coefficient (Wildman–Crippen LogP) is 1.92. The minimum Gasteiger partial charge on any atom is -0.466 e. The minimum absolute atomic E-state index is 0.0330. The highest BCUT2D eigenvalue weighted by Crippen LogP contribution is 2.16. The summed E-state index contributed by atoms with van der Waals surface area (Å²) in [5.41, 5.74) is 2.24. The minimum atomic E-state index is -0.621. The number of nitrogens with zero attached hydrogens (tertiary/aromatic N) is 2. The molecule has 0 atom stereocenters. The van der Waals surface area contributed by atoms with Crippen molar-refractivity contribution in [1.82, 2.24) is 15.0 Å². The number of nitrogens with one attached hydrogen (secondary N) is 2. The molecule has 2 aromatic heterocycles. The highest BCUT2D eigenvalue weighted by molar-refractivity contribution is 7.13. The quantitative estimate of drug-likeness (QED) is 0.593. The summed E-state index contributed by atoms with van der Waals surface area (Å²) >= 11 is 1.17. The Labute approximate surface area is 157 Å². The molecule has 0 unspecified atom stereocenters. The molecule has 0 spiro atoms. The van der Waals surface area contributed by atoms with Gasteiger partial charge < -0.3 is 14.5 Å². The van der Waals surface area contributed by atoms with Gasteiger partial charge in [0.25, 0.3) is 5.91 Å². The first-order valence-corrected chi connectivity index (χ1v) is 8.93. The molecule has 3 rings (SSSR count). The van der Waals surface area contributed by atoms with Crippen molar-refractivity contribution in [2.24, 2.45) is 0 Å². The Morgan fingerprint density at radius 1 is 1.26 bits per heavy atom. The predicted molar refractivity (Wildman–Crippen MR) is 97.5 cm³/mol. The standard InChI is InChI=1S/C17H16N4O5S/c1-2-25-15(23)6-11-8-27-17(20-11)21-14(22)7-26-16(24)10-3-4-12-13(5-10)19-9-18-12/h3-5,8-9H,2,6-7H2,1H3,(H,18,19)(H,20,21,22). The van der Waals surface area contributed by atoms with Gasteiger partial charge in [-0.3, -0.25) is 14.9 Å². The molecule has 9 nitrogen and oxygen atoms in total. The fraction of sp³-hybridized carbons (Fsp3) is 0.235. The molecule has 0 bridgehead atoms. The fourth-order valence-corrected chi connectivity index (χ4v) is 2.96. The number of carbonyl (C=O) groups is 3. The highest BCUT2D eigenvalue weighted by atomic mass is 32.1. The molecule has 2 heterocycles. The number of esters is 2. The molecule has 27 heavy (non-hydrogen) atoms. The topological polar surface area (TPSA) is 123 Å². The van der Waals surface area contributed by atoms with E-state index in [4.69, 9.17) is 9.47 Å². The van der Waals surface area contributed by atoms with E-state index in [1.54, 1.807) is 30.5 Å². The molecule has 0 fully saturated rings. The van der Waals surface area contributed by atoms with Crippen LogP contribution in [0, 0.1) is 0 Å². The number of hydrogen-bond donors (Lipinski definition) is 2. The van der Waals surface area contributed by atoms with E-state index in [0.29, 0.717) is 28.5 Å². The first kappa shape index (κ1) is 18.5. The second kappa shape index (κ2) is 8.41. The number of imidazole rings is 1. The molecule has 2 N–H and O–H groups in total. The molecule has 140 valence electrons. The summed E-state index contributed by atoms with van der Waals surface area (Å²) in [6.45, 7) is 1.57. The number of benzene rings is 1. The first-order valence-electron chi connectivity index (χ1n) is 8.05. The summed E-state index contributed by atoms with van der Waals surface area (Å²) in [6.07, 6.45) is 1.56. The molecule has 0 aliphatic heterocycles. The van der Waals surface area contributed by atoms with Crippen LogP contribution >= 0.6 is 11.3 Å². The zero-order chi connectivity index (χ0) is 19.2. The summed E-state index contributed by atoms with van der Waals surface area (Å²) in [7, 11) is 0.